The first kappa shape index (κ1) is 21.5. The zero-order valence-corrected chi connectivity index (χ0v) is 23.3. The van der Waals surface area contributed by atoms with Crippen molar-refractivity contribution in [2.24, 2.45) is 0 Å². The van der Waals surface area contributed by atoms with E-state index in [2.05, 4.69) is 101 Å². The summed E-state index contributed by atoms with van der Waals surface area (Å²) < 4.78 is 10.2. The number of thiophene rings is 3. The van der Waals surface area contributed by atoms with Gasteiger partial charge in [-0.3, -0.25) is 0 Å². The van der Waals surface area contributed by atoms with Crippen molar-refractivity contribution in [1.29, 1.82) is 0 Å². The average molecular weight is 564 g/mol. The van der Waals surface area contributed by atoms with E-state index in [0.717, 1.165) is 10.2 Å². The summed E-state index contributed by atoms with van der Waals surface area (Å²) >= 11 is 5.60. The molecule has 0 fully saturated rings. The van der Waals surface area contributed by atoms with E-state index in [1.165, 1.54) is 77.9 Å². The second-order valence-electron chi connectivity index (χ2n) is 10.2. The molecule has 0 bridgehead atoms. The number of nitrogens with zero attached hydrogens (tertiary/aromatic N) is 3. The second-order valence-corrected chi connectivity index (χ2v) is 13.3. The van der Waals surface area contributed by atoms with E-state index in [1.54, 1.807) is 6.33 Å². The summed E-state index contributed by atoms with van der Waals surface area (Å²) in [4.78, 5) is 9.25. The molecule has 6 heteroatoms. The van der Waals surface area contributed by atoms with Gasteiger partial charge in [-0.2, -0.15) is 0 Å². The molecule has 10 rings (SSSR count). The van der Waals surface area contributed by atoms with Crippen molar-refractivity contribution < 1.29 is 0 Å². The molecule has 40 heavy (non-hydrogen) atoms. The molecule has 0 aliphatic carbocycles. The lowest BCUT2D eigenvalue weighted by Crippen LogP contribution is -1.94. The van der Waals surface area contributed by atoms with E-state index in [-0.39, 0.29) is 0 Å². The topological polar surface area (TPSA) is 30.7 Å². The molecule has 5 aromatic heterocycles. The van der Waals surface area contributed by atoms with Crippen molar-refractivity contribution in [3.8, 4) is 5.69 Å². The fourth-order valence-electron chi connectivity index (χ4n) is 6.56. The van der Waals surface area contributed by atoms with Crippen LogP contribution in [0.3, 0.4) is 0 Å². The van der Waals surface area contributed by atoms with Gasteiger partial charge in [-0.15, -0.1) is 34.0 Å². The highest BCUT2D eigenvalue weighted by Crippen LogP contribution is 2.52. The Balaban J connectivity index is 1.54. The Hall–Kier alpha value is -4.36. The predicted octanol–water partition coefficient (Wildman–Crippen LogP) is 10.7. The van der Waals surface area contributed by atoms with Gasteiger partial charge in [0.2, 0.25) is 0 Å². The van der Waals surface area contributed by atoms with Crippen molar-refractivity contribution >= 4 is 116 Å². The SMILES string of the molecule is c1ccc2c(c1)sc1c(-n3c4ccccc4c4c5sc6ccccc6c5c5c6ncncc6sc5c43)cccc12. The van der Waals surface area contributed by atoms with Gasteiger partial charge in [-0.05, 0) is 24.3 Å². The lowest BCUT2D eigenvalue weighted by Gasteiger charge is -2.10. The zero-order chi connectivity index (χ0) is 25.9. The molecule has 0 saturated carbocycles. The fourth-order valence-corrected chi connectivity index (χ4v) is 10.2. The largest absolute Gasteiger partial charge is 0.306 e. The first-order chi connectivity index (χ1) is 19.9. The molecule has 0 N–H and O–H groups in total. The van der Waals surface area contributed by atoms with Crippen LogP contribution in [0.2, 0.25) is 0 Å². The van der Waals surface area contributed by atoms with Crippen molar-refractivity contribution in [2.75, 3.05) is 0 Å². The Labute approximate surface area is 239 Å². The average Bonchev–Trinajstić information content (AvgIpc) is 3.75. The molecule has 10 aromatic rings. The third-order valence-corrected chi connectivity index (χ3v) is 11.7. The molecule has 0 radical (unpaired) electrons. The maximum Gasteiger partial charge on any atom is 0.116 e. The second kappa shape index (κ2) is 7.64. The first-order valence-corrected chi connectivity index (χ1v) is 15.6. The molecule has 0 saturated heterocycles. The number of benzene rings is 5. The van der Waals surface area contributed by atoms with Crippen LogP contribution < -0.4 is 0 Å². The summed E-state index contributed by atoms with van der Waals surface area (Å²) in [5, 5.41) is 9.11. The Kier molecular flexibility index (Phi) is 4.10. The number of aromatic nitrogens is 3. The summed E-state index contributed by atoms with van der Waals surface area (Å²) in [7, 11) is 0. The van der Waals surface area contributed by atoms with E-state index in [1.807, 2.05) is 40.2 Å². The quantitative estimate of drug-likeness (QED) is 0.199. The van der Waals surface area contributed by atoms with Crippen molar-refractivity contribution in [2.45, 2.75) is 0 Å². The monoisotopic (exact) mass is 563 g/mol. The molecule has 3 nitrogen and oxygen atoms in total. The maximum absolute atomic E-state index is 4.84. The van der Waals surface area contributed by atoms with Crippen LogP contribution in [-0.4, -0.2) is 14.5 Å². The molecule has 186 valence electrons. The van der Waals surface area contributed by atoms with Gasteiger partial charge in [-0.25, -0.2) is 9.97 Å². The summed E-state index contributed by atoms with van der Waals surface area (Å²) in [5.41, 5.74) is 4.78. The van der Waals surface area contributed by atoms with E-state index in [9.17, 15) is 0 Å². The highest BCUT2D eigenvalue weighted by molar-refractivity contribution is 7.29. The Morgan fingerprint density at radius 3 is 2.12 bits per heavy atom. The Morgan fingerprint density at radius 2 is 1.23 bits per heavy atom. The van der Waals surface area contributed by atoms with E-state index >= 15 is 0 Å². The smallest absolute Gasteiger partial charge is 0.116 e. The maximum atomic E-state index is 4.84. The van der Waals surface area contributed by atoms with Crippen LogP contribution in [0.25, 0.3) is 88.1 Å². The van der Waals surface area contributed by atoms with Gasteiger partial charge >= 0.3 is 0 Å². The summed E-state index contributed by atoms with van der Waals surface area (Å²) in [5.74, 6) is 0. The molecule has 0 spiro atoms. The highest BCUT2D eigenvalue weighted by Gasteiger charge is 2.25. The lowest BCUT2D eigenvalue weighted by atomic mass is 10.0. The molecular weight excluding hydrogens is 547 g/mol. The van der Waals surface area contributed by atoms with E-state index in [4.69, 9.17) is 4.98 Å². The number of fused-ring (bicyclic) bond motifs is 15. The van der Waals surface area contributed by atoms with Gasteiger partial charge in [0.25, 0.3) is 0 Å². The molecule has 0 atom stereocenters. The third-order valence-electron chi connectivity index (χ3n) is 8.14. The van der Waals surface area contributed by atoms with Gasteiger partial charge in [0.05, 0.1) is 36.3 Å². The van der Waals surface area contributed by atoms with Gasteiger partial charge in [0.15, 0.2) is 0 Å². The first-order valence-electron chi connectivity index (χ1n) is 13.2. The Morgan fingerprint density at radius 1 is 0.525 bits per heavy atom. The molecule has 0 aliphatic heterocycles. The number of hydrogen-bond donors (Lipinski definition) is 0. The molecular formula is C34H17N3S3. The van der Waals surface area contributed by atoms with Gasteiger partial charge < -0.3 is 4.57 Å². The van der Waals surface area contributed by atoms with E-state index < -0.39 is 0 Å². The number of rotatable bonds is 1. The standard InChI is InChI=1S/C34H17N3S3/c1-4-12-22-20(9-1)28-31(37(22)23-13-7-11-19-18-8-2-5-14-24(18)38-32(19)23)34-29(30-26(40-34)16-35-17-36-30)27-21-10-3-6-15-25(21)39-33(27)28/h1-17H. The van der Waals surface area contributed by atoms with Crippen LogP contribution >= 0.6 is 34.0 Å². The fraction of sp³-hybridized carbons (Fsp3) is 0. The summed E-state index contributed by atoms with van der Waals surface area (Å²) in [6.45, 7) is 0. The third kappa shape index (κ3) is 2.59. The van der Waals surface area contributed by atoms with Crippen molar-refractivity contribution in [1.82, 2.24) is 14.5 Å². The van der Waals surface area contributed by atoms with Crippen LogP contribution in [0.5, 0.6) is 0 Å². The minimum atomic E-state index is 1.04. The zero-order valence-electron chi connectivity index (χ0n) is 20.9. The van der Waals surface area contributed by atoms with Crippen LogP contribution in [0.1, 0.15) is 0 Å². The molecule has 0 amide bonds. The van der Waals surface area contributed by atoms with Crippen molar-refractivity contribution in [3.63, 3.8) is 0 Å². The minimum absolute atomic E-state index is 1.04. The van der Waals surface area contributed by atoms with Gasteiger partial charge in [-0.1, -0.05) is 66.7 Å². The minimum Gasteiger partial charge on any atom is -0.306 e. The molecule has 0 aliphatic rings. The van der Waals surface area contributed by atoms with Crippen LogP contribution in [-0.2, 0) is 0 Å². The van der Waals surface area contributed by atoms with Crippen LogP contribution in [0, 0.1) is 0 Å². The highest BCUT2D eigenvalue weighted by atomic mass is 32.1. The summed E-state index contributed by atoms with van der Waals surface area (Å²) in [6.07, 6.45) is 3.66. The van der Waals surface area contributed by atoms with Crippen LogP contribution in [0.4, 0.5) is 0 Å². The van der Waals surface area contributed by atoms with Crippen molar-refractivity contribution in [3.05, 3.63) is 104 Å². The molecule has 5 heterocycles. The van der Waals surface area contributed by atoms with Gasteiger partial charge in [0, 0.05) is 58.0 Å². The predicted molar refractivity (Wildman–Crippen MR) is 175 cm³/mol. The number of hydrogen-bond acceptors (Lipinski definition) is 5. The molecule has 0 unspecified atom stereocenters. The molecule has 5 aromatic carbocycles. The summed E-state index contributed by atoms with van der Waals surface area (Å²) in [6, 6.07) is 33.2. The van der Waals surface area contributed by atoms with E-state index in [0.29, 0.717) is 0 Å². The Bertz CT molecular complexity index is 2670. The number of para-hydroxylation sites is 1. The normalized spacial score (nSPS) is 12.5. The van der Waals surface area contributed by atoms with Gasteiger partial charge in [0.1, 0.15) is 6.33 Å². The van der Waals surface area contributed by atoms with Crippen LogP contribution in [0.15, 0.2) is 104 Å². The lowest BCUT2D eigenvalue weighted by molar-refractivity contribution is 1.21.